The predicted molar refractivity (Wildman–Crippen MR) is 76.8 cm³/mol. The number of hydrogen-bond acceptors (Lipinski definition) is 3. The number of nitrogens with one attached hydrogen (secondary N) is 1. The van der Waals surface area contributed by atoms with Gasteiger partial charge in [0.05, 0.1) is 0 Å². The van der Waals surface area contributed by atoms with Crippen molar-refractivity contribution in [1.29, 1.82) is 0 Å². The molecule has 19 heavy (non-hydrogen) atoms. The van der Waals surface area contributed by atoms with E-state index in [1.165, 1.54) is 5.56 Å². The number of benzene rings is 1. The number of likely N-dealkylation sites (tertiary alicyclic amines) is 1. The third-order valence-electron chi connectivity index (χ3n) is 3.69. The maximum Gasteiger partial charge on any atom is 0.241 e. The molecule has 1 fully saturated rings. The molecule has 0 saturated carbocycles. The maximum atomic E-state index is 12.1. The SMILES string of the molecule is Cc1ccc(C(N)C(=O)NC2CCCN(C)C2)cc1. The molecule has 1 aliphatic heterocycles. The van der Waals surface area contributed by atoms with Gasteiger partial charge in [0, 0.05) is 12.6 Å². The van der Waals surface area contributed by atoms with Gasteiger partial charge in [0.15, 0.2) is 0 Å². The first-order valence-electron chi connectivity index (χ1n) is 6.87. The third-order valence-corrected chi connectivity index (χ3v) is 3.69. The van der Waals surface area contributed by atoms with Crippen molar-refractivity contribution in [2.75, 3.05) is 20.1 Å². The summed E-state index contributed by atoms with van der Waals surface area (Å²) in [6.07, 6.45) is 2.16. The average molecular weight is 261 g/mol. The van der Waals surface area contributed by atoms with E-state index in [0.717, 1.165) is 31.5 Å². The summed E-state index contributed by atoms with van der Waals surface area (Å²) in [6.45, 7) is 4.04. The number of carbonyl (C=O) groups is 1. The topological polar surface area (TPSA) is 58.4 Å². The van der Waals surface area contributed by atoms with Crippen LogP contribution in [0.5, 0.6) is 0 Å². The van der Waals surface area contributed by atoms with Gasteiger partial charge in [-0.05, 0) is 38.9 Å². The van der Waals surface area contributed by atoms with Gasteiger partial charge in [0.1, 0.15) is 6.04 Å². The molecule has 1 aromatic carbocycles. The Labute approximate surface area is 115 Å². The number of nitrogens with zero attached hydrogens (tertiary/aromatic N) is 1. The van der Waals surface area contributed by atoms with E-state index in [2.05, 4.69) is 17.3 Å². The fourth-order valence-corrected chi connectivity index (χ4v) is 2.50. The number of hydrogen-bond donors (Lipinski definition) is 2. The molecule has 0 aliphatic carbocycles. The minimum atomic E-state index is -0.576. The first-order chi connectivity index (χ1) is 9.06. The summed E-state index contributed by atoms with van der Waals surface area (Å²) in [4.78, 5) is 14.4. The Kier molecular flexibility index (Phi) is 4.56. The van der Waals surface area contributed by atoms with Crippen LogP contribution >= 0.6 is 0 Å². The third kappa shape index (κ3) is 3.78. The average Bonchev–Trinajstić information content (AvgIpc) is 2.39. The van der Waals surface area contributed by atoms with Gasteiger partial charge < -0.3 is 16.0 Å². The van der Waals surface area contributed by atoms with E-state index in [1.807, 2.05) is 31.2 Å². The first kappa shape index (κ1) is 14.0. The van der Waals surface area contributed by atoms with Crippen LogP contribution in [0.2, 0.25) is 0 Å². The molecule has 3 N–H and O–H groups in total. The Morgan fingerprint density at radius 2 is 2.11 bits per heavy atom. The molecule has 1 aliphatic rings. The summed E-state index contributed by atoms with van der Waals surface area (Å²) in [5.74, 6) is -0.0795. The lowest BCUT2D eigenvalue weighted by Crippen LogP contribution is -2.48. The second kappa shape index (κ2) is 6.17. The monoisotopic (exact) mass is 261 g/mol. The molecule has 2 rings (SSSR count). The van der Waals surface area contributed by atoms with Gasteiger partial charge in [0.2, 0.25) is 5.91 Å². The van der Waals surface area contributed by atoms with Crippen molar-refractivity contribution in [3.8, 4) is 0 Å². The van der Waals surface area contributed by atoms with E-state index in [0.29, 0.717) is 0 Å². The van der Waals surface area contributed by atoms with Crippen LogP contribution in [0, 0.1) is 6.92 Å². The molecule has 1 heterocycles. The Morgan fingerprint density at radius 1 is 1.42 bits per heavy atom. The predicted octanol–water partition coefficient (Wildman–Crippen LogP) is 1.21. The molecule has 0 radical (unpaired) electrons. The molecule has 0 bridgehead atoms. The highest BCUT2D eigenvalue weighted by molar-refractivity contribution is 5.83. The van der Waals surface area contributed by atoms with Gasteiger partial charge in [-0.25, -0.2) is 0 Å². The fourth-order valence-electron chi connectivity index (χ4n) is 2.50. The van der Waals surface area contributed by atoms with E-state index >= 15 is 0 Å². The second-order valence-electron chi connectivity index (χ2n) is 5.50. The Morgan fingerprint density at radius 3 is 2.74 bits per heavy atom. The zero-order valence-electron chi connectivity index (χ0n) is 11.7. The van der Waals surface area contributed by atoms with Crippen LogP contribution in [0.3, 0.4) is 0 Å². The minimum Gasteiger partial charge on any atom is -0.350 e. The summed E-state index contributed by atoms with van der Waals surface area (Å²) < 4.78 is 0. The van der Waals surface area contributed by atoms with Gasteiger partial charge in [-0.2, -0.15) is 0 Å². The maximum absolute atomic E-state index is 12.1. The largest absolute Gasteiger partial charge is 0.350 e. The summed E-state index contributed by atoms with van der Waals surface area (Å²) in [5, 5.41) is 3.06. The van der Waals surface area contributed by atoms with E-state index in [1.54, 1.807) is 0 Å². The van der Waals surface area contributed by atoms with Crippen LogP contribution in [0.1, 0.15) is 30.0 Å². The van der Waals surface area contributed by atoms with Gasteiger partial charge in [-0.1, -0.05) is 29.8 Å². The summed E-state index contributed by atoms with van der Waals surface area (Å²) in [5.41, 5.74) is 8.05. The number of nitrogens with two attached hydrogens (primary N) is 1. The number of amides is 1. The van der Waals surface area contributed by atoms with E-state index < -0.39 is 6.04 Å². The van der Waals surface area contributed by atoms with Crippen molar-refractivity contribution in [2.24, 2.45) is 5.73 Å². The summed E-state index contributed by atoms with van der Waals surface area (Å²) in [6, 6.07) is 7.46. The molecule has 4 heteroatoms. The normalized spacial score (nSPS) is 21.9. The summed E-state index contributed by atoms with van der Waals surface area (Å²) in [7, 11) is 2.08. The van der Waals surface area contributed by atoms with Crippen LogP contribution < -0.4 is 11.1 Å². The second-order valence-corrected chi connectivity index (χ2v) is 5.50. The smallest absolute Gasteiger partial charge is 0.241 e. The van der Waals surface area contributed by atoms with Crippen molar-refractivity contribution in [1.82, 2.24) is 10.2 Å². The minimum absolute atomic E-state index is 0.0795. The molecule has 1 aromatic rings. The molecule has 104 valence electrons. The molecule has 1 saturated heterocycles. The van der Waals surface area contributed by atoms with E-state index in [-0.39, 0.29) is 11.9 Å². The highest BCUT2D eigenvalue weighted by atomic mass is 16.2. The van der Waals surface area contributed by atoms with Crippen LogP contribution in [0.15, 0.2) is 24.3 Å². The van der Waals surface area contributed by atoms with Crippen molar-refractivity contribution in [3.05, 3.63) is 35.4 Å². The molecule has 2 unspecified atom stereocenters. The Balaban J connectivity index is 1.93. The molecule has 1 amide bonds. The number of carbonyl (C=O) groups excluding carboxylic acids is 1. The zero-order valence-corrected chi connectivity index (χ0v) is 11.7. The molecule has 4 nitrogen and oxygen atoms in total. The zero-order chi connectivity index (χ0) is 13.8. The van der Waals surface area contributed by atoms with Gasteiger partial charge in [-0.3, -0.25) is 4.79 Å². The van der Waals surface area contributed by atoms with E-state index in [4.69, 9.17) is 5.73 Å². The molecular weight excluding hydrogens is 238 g/mol. The van der Waals surface area contributed by atoms with E-state index in [9.17, 15) is 4.79 Å². The van der Waals surface area contributed by atoms with Crippen molar-refractivity contribution in [2.45, 2.75) is 31.8 Å². The number of likely N-dealkylation sites (N-methyl/N-ethyl adjacent to an activating group) is 1. The quantitative estimate of drug-likeness (QED) is 0.859. The standard InChI is InChI=1S/C15H23N3O/c1-11-5-7-12(8-6-11)14(16)15(19)17-13-4-3-9-18(2)10-13/h5-8,13-14H,3-4,9-10,16H2,1-2H3,(H,17,19). The molecule has 2 atom stereocenters. The number of aryl methyl sites for hydroxylation is 1. The van der Waals surface area contributed by atoms with Gasteiger partial charge in [-0.15, -0.1) is 0 Å². The van der Waals surface area contributed by atoms with Crippen LogP contribution in [0.25, 0.3) is 0 Å². The lowest BCUT2D eigenvalue weighted by Gasteiger charge is -2.30. The van der Waals surface area contributed by atoms with Gasteiger partial charge >= 0.3 is 0 Å². The fraction of sp³-hybridized carbons (Fsp3) is 0.533. The molecular formula is C15H23N3O. The number of rotatable bonds is 3. The lowest BCUT2D eigenvalue weighted by atomic mass is 10.0. The highest BCUT2D eigenvalue weighted by Gasteiger charge is 2.22. The lowest BCUT2D eigenvalue weighted by molar-refractivity contribution is -0.123. The number of piperidine rings is 1. The van der Waals surface area contributed by atoms with Crippen LogP contribution in [-0.2, 0) is 4.79 Å². The van der Waals surface area contributed by atoms with Crippen LogP contribution in [0.4, 0.5) is 0 Å². The van der Waals surface area contributed by atoms with Gasteiger partial charge in [0.25, 0.3) is 0 Å². The Bertz CT molecular complexity index is 430. The molecule has 0 aromatic heterocycles. The first-order valence-corrected chi connectivity index (χ1v) is 6.87. The molecule has 0 spiro atoms. The van der Waals surface area contributed by atoms with Crippen molar-refractivity contribution >= 4 is 5.91 Å². The Hall–Kier alpha value is -1.39. The highest BCUT2D eigenvalue weighted by Crippen LogP contribution is 2.13. The van der Waals surface area contributed by atoms with Crippen molar-refractivity contribution in [3.63, 3.8) is 0 Å². The van der Waals surface area contributed by atoms with Crippen molar-refractivity contribution < 1.29 is 4.79 Å². The summed E-state index contributed by atoms with van der Waals surface area (Å²) >= 11 is 0. The van der Waals surface area contributed by atoms with Crippen LogP contribution in [-0.4, -0.2) is 37.0 Å².